The summed E-state index contributed by atoms with van der Waals surface area (Å²) in [7, 11) is 5.52. The summed E-state index contributed by atoms with van der Waals surface area (Å²) in [6, 6.07) is -0.610. The summed E-state index contributed by atoms with van der Waals surface area (Å²) in [5.74, 6) is -1.47. The van der Waals surface area contributed by atoms with Gasteiger partial charge in [0.25, 0.3) is 0 Å². The van der Waals surface area contributed by atoms with Crippen LogP contribution in [0.3, 0.4) is 0 Å². The average molecular weight is 765 g/mol. The highest BCUT2D eigenvalue weighted by atomic mass is 16.6. The first-order valence-electron chi connectivity index (χ1n) is 22.4. The molecule has 0 rings (SSSR count). The summed E-state index contributed by atoms with van der Waals surface area (Å²) < 4.78 is 17.2. The van der Waals surface area contributed by atoms with Crippen LogP contribution in [0.15, 0.2) is 24.3 Å². The van der Waals surface area contributed by atoms with E-state index in [1.165, 1.54) is 122 Å². The van der Waals surface area contributed by atoms with Crippen LogP contribution in [0.5, 0.6) is 0 Å². The fourth-order valence-corrected chi connectivity index (χ4v) is 6.59. The Hall–Kier alpha value is -2.19. The van der Waals surface area contributed by atoms with E-state index in [-0.39, 0.29) is 36.2 Å². The van der Waals surface area contributed by atoms with Crippen molar-refractivity contribution in [3.8, 4) is 0 Å². The standard InChI is InChI=1S/C46H85NO7/c1-6-8-10-12-14-15-16-17-18-19-20-21-22-23-24-25-26-27-28-29-31-33-35-37-45(49)54-42(40-52-39-38-43(46(50)51)47(3,4)5)41-53-44(48)36-34-32-30-13-11-9-7-2/h16-17,19-20,42-43H,6-15,18,21-41H2,1-5H3/p+1/b17-16-,20-19-. The molecule has 316 valence electrons. The Labute approximate surface area is 332 Å². The molecule has 0 aromatic carbocycles. The molecule has 0 aromatic heterocycles. The van der Waals surface area contributed by atoms with Gasteiger partial charge < -0.3 is 23.8 Å². The van der Waals surface area contributed by atoms with Gasteiger partial charge in [-0.15, -0.1) is 0 Å². The molecular weight excluding hydrogens is 679 g/mol. The lowest BCUT2D eigenvalue weighted by molar-refractivity contribution is -0.887. The first kappa shape index (κ1) is 51.8. The van der Waals surface area contributed by atoms with Gasteiger partial charge in [0, 0.05) is 19.3 Å². The molecule has 0 radical (unpaired) electrons. The summed E-state index contributed by atoms with van der Waals surface area (Å²) in [5, 5.41) is 9.59. The normalized spacial score (nSPS) is 13.1. The third-order valence-electron chi connectivity index (χ3n) is 10.1. The van der Waals surface area contributed by atoms with Gasteiger partial charge in [-0.3, -0.25) is 9.59 Å². The molecular formula is C46H86NO7+. The maximum Gasteiger partial charge on any atom is 0.362 e. The van der Waals surface area contributed by atoms with Crippen LogP contribution in [0.25, 0.3) is 0 Å². The van der Waals surface area contributed by atoms with Crippen molar-refractivity contribution < 1.29 is 38.2 Å². The lowest BCUT2D eigenvalue weighted by Gasteiger charge is -2.31. The van der Waals surface area contributed by atoms with E-state index in [1.54, 1.807) is 0 Å². The second kappa shape index (κ2) is 37.7. The first-order valence-corrected chi connectivity index (χ1v) is 22.4. The molecule has 0 amide bonds. The Kier molecular flexibility index (Phi) is 36.2. The third-order valence-corrected chi connectivity index (χ3v) is 10.1. The highest BCUT2D eigenvalue weighted by Crippen LogP contribution is 2.15. The van der Waals surface area contributed by atoms with Gasteiger partial charge in [-0.25, -0.2) is 4.79 Å². The number of esters is 2. The molecule has 1 N–H and O–H groups in total. The van der Waals surface area contributed by atoms with Crippen LogP contribution in [-0.4, -0.2) is 80.6 Å². The summed E-state index contributed by atoms with van der Waals surface area (Å²) in [5.41, 5.74) is 0. The molecule has 2 unspecified atom stereocenters. The lowest BCUT2D eigenvalue weighted by Crippen LogP contribution is -2.50. The topological polar surface area (TPSA) is 99.1 Å². The average Bonchev–Trinajstić information content (AvgIpc) is 3.12. The number of rotatable bonds is 40. The van der Waals surface area contributed by atoms with Gasteiger partial charge in [-0.2, -0.15) is 0 Å². The van der Waals surface area contributed by atoms with E-state index in [9.17, 15) is 19.5 Å². The number of hydrogen-bond donors (Lipinski definition) is 1. The number of aliphatic carboxylic acids is 1. The van der Waals surface area contributed by atoms with Gasteiger partial charge in [0.15, 0.2) is 12.1 Å². The Morgan fingerprint density at radius 1 is 0.556 bits per heavy atom. The van der Waals surface area contributed by atoms with Crippen molar-refractivity contribution >= 4 is 17.9 Å². The lowest BCUT2D eigenvalue weighted by atomic mass is 10.0. The molecule has 0 saturated heterocycles. The van der Waals surface area contributed by atoms with Crippen molar-refractivity contribution in [2.24, 2.45) is 0 Å². The molecule has 0 spiro atoms. The van der Waals surface area contributed by atoms with E-state index in [2.05, 4.69) is 38.2 Å². The van der Waals surface area contributed by atoms with Crippen molar-refractivity contribution in [1.82, 2.24) is 0 Å². The molecule has 0 heterocycles. The molecule has 54 heavy (non-hydrogen) atoms. The highest BCUT2D eigenvalue weighted by Gasteiger charge is 2.31. The molecule has 0 fully saturated rings. The van der Waals surface area contributed by atoms with Crippen LogP contribution in [0.1, 0.15) is 200 Å². The molecule has 8 nitrogen and oxygen atoms in total. The zero-order chi connectivity index (χ0) is 40.0. The van der Waals surface area contributed by atoms with Crippen molar-refractivity contribution in [2.45, 2.75) is 212 Å². The molecule has 0 saturated carbocycles. The van der Waals surface area contributed by atoms with E-state index < -0.39 is 18.1 Å². The molecule has 0 aliphatic rings. The molecule has 2 atom stereocenters. The van der Waals surface area contributed by atoms with Crippen molar-refractivity contribution in [3.63, 3.8) is 0 Å². The fourth-order valence-electron chi connectivity index (χ4n) is 6.59. The number of carboxylic acids is 1. The van der Waals surface area contributed by atoms with Crippen LogP contribution < -0.4 is 0 Å². The zero-order valence-corrected chi connectivity index (χ0v) is 35.9. The maximum atomic E-state index is 12.7. The molecule has 0 aromatic rings. The summed E-state index contributed by atoms with van der Waals surface area (Å²) in [6.45, 7) is 4.69. The second-order valence-electron chi connectivity index (χ2n) is 16.3. The quantitative estimate of drug-likeness (QED) is 0.0287. The number of quaternary nitrogens is 1. The second-order valence-corrected chi connectivity index (χ2v) is 16.3. The minimum Gasteiger partial charge on any atom is -0.477 e. The van der Waals surface area contributed by atoms with Crippen molar-refractivity contribution in [1.29, 1.82) is 0 Å². The van der Waals surface area contributed by atoms with E-state index in [0.717, 1.165) is 44.9 Å². The van der Waals surface area contributed by atoms with E-state index in [0.29, 0.717) is 19.3 Å². The van der Waals surface area contributed by atoms with Crippen LogP contribution >= 0.6 is 0 Å². The number of likely N-dealkylation sites (N-methyl/N-ethyl adjacent to an activating group) is 1. The Morgan fingerprint density at radius 2 is 0.981 bits per heavy atom. The number of unbranched alkanes of at least 4 members (excludes halogenated alkanes) is 22. The largest absolute Gasteiger partial charge is 0.477 e. The Balaban J connectivity index is 4.14. The minimum absolute atomic E-state index is 0.0486. The number of nitrogens with zero attached hydrogens (tertiary/aromatic N) is 1. The first-order chi connectivity index (χ1) is 26.1. The van der Waals surface area contributed by atoms with Gasteiger partial charge in [-0.1, -0.05) is 160 Å². The van der Waals surface area contributed by atoms with E-state index in [1.807, 2.05) is 21.1 Å². The third kappa shape index (κ3) is 35.5. The van der Waals surface area contributed by atoms with Gasteiger partial charge in [0.2, 0.25) is 0 Å². The Morgan fingerprint density at radius 3 is 1.43 bits per heavy atom. The zero-order valence-electron chi connectivity index (χ0n) is 35.9. The van der Waals surface area contributed by atoms with Gasteiger partial charge in [0.05, 0.1) is 34.4 Å². The molecule has 0 bridgehead atoms. The maximum absolute atomic E-state index is 12.7. The van der Waals surface area contributed by atoms with E-state index in [4.69, 9.17) is 14.2 Å². The van der Waals surface area contributed by atoms with Gasteiger partial charge in [0.1, 0.15) is 6.61 Å². The Bertz CT molecular complexity index is 942. The monoisotopic (exact) mass is 765 g/mol. The van der Waals surface area contributed by atoms with Crippen LogP contribution in [0.2, 0.25) is 0 Å². The summed E-state index contributed by atoms with van der Waals surface area (Å²) >= 11 is 0. The highest BCUT2D eigenvalue weighted by molar-refractivity contribution is 5.72. The summed E-state index contributed by atoms with van der Waals surface area (Å²) in [6.07, 6.45) is 41.0. The van der Waals surface area contributed by atoms with Crippen LogP contribution in [-0.2, 0) is 28.6 Å². The molecule has 0 aliphatic carbocycles. The SMILES string of the molecule is CCCCCCC/C=C\C/C=C\CCCCCCCCCCCCCC(=O)OC(COCCC(C(=O)O)[N+](C)(C)C)COC(=O)CCCCCCCCC. The fraction of sp³-hybridized carbons (Fsp3) is 0.848. The van der Waals surface area contributed by atoms with Crippen LogP contribution in [0, 0.1) is 0 Å². The number of ether oxygens (including phenoxy) is 3. The van der Waals surface area contributed by atoms with Crippen LogP contribution in [0.4, 0.5) is 0 Å². The summed E-state index contributed by atoms with van der Waals surface area (Å²) in [4.78, 5) is 36.8. The molecule has 8 heteroatoms. The van der Waals surface area contributed by atoms with Gasteiger partial charge in [-0.05, 0) is 44.9 Å². The number of carboxylic acid groups (broad SMARTS) is 1. The minimum atomic E-state index is -0.875. The number of carbonyl (C=O) groups excluding carboxylic acids is 2. The molecule has 0 aliphatic heterocycles. The van der Waals surface area contributed by atoms with Crippen molar-refractivity contribution in [3.05, 3.63) is 24.3 Å². The van der Waals surface area contributed by atoms with Gasteiger partial charge >= 0.3 is 17.9 Å². The predicted molar refractivity (Wildman–Crippen MR) is 225 cm³/mol. The van der Waals surface area contributed by atoms with Crippen molar-refractivity contribution in [2.75, 3.05) is 41.0 Å². The predicted octanol–water partition coefficient (Wildman–Crippen LogP) is 12.1. The smallest absolute Gasteiger partial charge is 0.362 e. The number of allylic oxidation sites excluding steroid dienone is 4. The number of carbonyl (C=O) groups is 3. The number of hydrogen-bond acceptors (Lipinski definition) is 6. The van der Waals surface area contributed by atoms with E-state index >= 15 is 0 Å².